The Morgan fingerprint density at radius 3 is 1.45 bits per heavy atom. The standard InChI is InChI=1S/C20H13F3N6/c1-18(26-27-18)14-6-2-12(3-7-14)16-10-25-17(11-24-16)13-4-8-15(9-5-13)19(28-29-19)20(21,22)23/h2-11H,1H3. The molecule has 0 fully saturated rings. The molecule has 2 aromatic carbocycles. The maximum absolute atomic E-state index is 13.1. The highest BCUT2D eigenvalue weighted by Gasteiger charge is 2.65. The van der Waals surface area contributed by atoms with E-state index in [4.69, 9.17) is 0 Å². The second-order valence-corrected chi connectivity index (χ2v) is 7.03. The molecule has 0 atom stereocenters. The highest BCUT2D eigenvalue weighted by atomic mass is 19.4. The van der Waals surface area contributed by atoms with E-state index in [-0.39, 0.29) is 5.56 Å². The fourth-order valence-corrected chi connectivity index (χ4v) is 3.09. The van der Waals surface area contributed by atoms with Crippen LogP contribution in [-0.4, -0.2) is 16.1 Å². The molecule has 3 aromatic rings. The third-order valence-electron chi connectivity index (χ3n) is 5.06. The van der Waals surface area contributed by atoms with Crippen molar-refractivity contribution in [1.82, 2.24) is 9.97 Å². The van der Waals surface area contributed by atoms with Gasteiger partial charge in [-0.1, -0.05) is 48.5 Å². The largest absolute Gasteiger partial charge is 0.442 e. The molecule has 1 aromatic heterocycles. The van der Waals surface area contributed by atoms with Crippen LogP contribution in [0.5, 0.6) is 0 Å². The number of benzene rings is 2. The maximum Gasteiger partial charge on any atom is 0.442 e. The Balaban J connectivity index is 1.35. The van der Waals surface area contributed by atoms with Crippen molar-refractivity contribution in [3.63, 3.8) is 0 Å². The van der Waals surface area contributed by atoms with Gasteiger partial charge >= 0.3 is 11.8 Å². The van der Waals surface area contributed by atoms with Crippen LogP contribution in [0.2, 0.25) is 0 Å². The molecule has 144 valence electrons. The predicted octanol–water partition coefficient (Wildman–Crippen LogP) is 5.63. The van der Waals surface area contributed by atoms with Crippen molar-refractivity contribution < 1.29 is 13.2 Å². The first-order valence-electron chi connectivity index (χ1n) is 8.80. The summed E-state index contributed by atoms with van der Waals surface area (Å²) < 4.78 is 39.3. The first kappa shape index (κ1) is 17.6. The average Bonchev–Trinajstić information content (AvgIpc) is 3.64. The molecule has 6 nitrogen and oxygen atoms in total. The number of hydrogen-bond donors (Lipinski definition) is 0. The molecule has 0 saturated carbocycles. The highest BCUT2D eigenvalue weighted by molar-refractivity contribution is 5.63. The van der Waals surface area contributed by atoms with Crippen LogP contribution in [0, 0.1) is 0 Å². The van der Waals surface area contributed by atoms with E-state index in [1.807, 2.05) is 31.2 Å². The van der Waals surface area contributed by atoms with Crippen LogP contribution < -0.4 is 0 Å². The summed E-state index contributed by atoms with van der Waals surface area (Å²) in [5, 5.41) is 14.4. The number of nitrogens with zero attached hydrogens (tertiary/aromatic N) is 6. The summed E-state index contributed by atoms with van der Waals surface area (Å²) in [5.41, 5.74) is 0.974. The molecule has 2 aliphatic heterocycles. The minimum absolute atomic E-state index is 0.0127. The lowest BCUT2D eigenvalue weighted by molar-refractivity contribution is -0.166. The van der Waals surface area contributed by atoms with Crippen molar-refractivity contribution in [3.05, 3.63) is 72.1 Å². The first-order valence-corrected chi connectivity index (χ1v) is 8.80. The molecular formula is C20H13F3N6. The minimum atomic E-state index is -4.54. The van der Waals surface area contributed by atoms with Crippen molar-refractivity contribution in [3.8, 4) is 22.5 Å². The van der Waals surface area contributed by atoms with Gasteiger partial charge < -0.3 is 0 Å². The molecule has 0 unspecified atom stereocenters. The molecule has 0 N–H and O–H groups in total. The van der Waals surface area contributed by atoms with Crippen molar-refractivity contribution in [2.45, 2.75) is 24.4 Å². The van der Waals surface area contributed by atoms with Gasteiger partial charge in [-0.15, -0.1) is 10.2 Å². The fourth-order valence-electron chi connectivity index (χ4n) is 3.09. The van der Waals surface area contributed by atoms with Gasteiger partial charge in [0, 0.05) is 22.3 Å². The Labute approximate surface area is 163 Å². The lowest BCUT2D eigenvalue weighted by atomic mass is 10.0. The van der Waals surface area contributed by atoms with E-state index >= 15 is 0 Å². The first-order chi connectivity index (χ1) is 13.8. The van der Waals surface area contributed by atoms with Crippen molar-refractivity contribution in [2.75, 3.05) is 0 Å². The summed E-state index contributed by atoms with van der Waals surface area (Å²) in [4.78, 5) is 8.83. The Morgan fingerprint density at radius 2 is 1.10 bits per heavy atom. The van der Waals surface area contributed by atoms with Gasteiger partial charge in [0.05, 0.1) is 23.8 Å². The second-order valence-electron chi connectivity index (χ2n) is 7.03. The SMILES string of the molecule is CC1(c2ccc(-c3cnc(-c4ccc(C5(C(F)(F)F)N=N5)cc4)cn3)cc2)N=N1. The monoisotopic (exact) mass is 394 g/mol. The van der Waals surface area contributed by atoms with Crippen LogP contribution in [0.1, 0.15) is 18.1 Å². The van der Waals surface area contributed by atoms with Crippen molar-refractivity contribution in [1.29, 1.82) is 0 Å². The van der Waals surface area contributed by atoms with Gasteiger partial charge in [-0.2, -0.15) is 23.4 Å². The molecule has 29 heavy (non-hydrogen) atoms. The molecule has 5 rings (SSSR count). The normalized spacial score (nSPS) is 17.9. The van der Waals surface area contributed by atoms with Crippen LogP contribution in [-0.2, 0) is 11.3 Å². The van der Waals surface area contributed by atoms with Gasteiger partial charge in [0.2, 0.25) is 5.66 Å². The molecule has 0 aliphatic carbocycles. The summed E-state index contributed by atoms with van der Waals surface area (Å²) in [6, 6.07) is 13.6. The van der Waals surface area contributed by atoms with Gasteiger partial charge in [-0.25, -0.2) is 0 Å². The summed E-state index contributed by atoms with van der Waals surface area (Å²) in [6.07, 6.45) is -1.31. The van der Waals surface area contributed by atoms with Crippen molar-refractivity contribution >= 4 is 0 Å². The van der Waals surface area contributed by atoms with Crippen LogP contribution >= 0.6 is 0 Å². The third kappa shape index (κ3) is 2.89. The van der Waals surface area contributed by atoms with Gasteiger partial charge in [0.15, 0.2) is 0 Å². The van der Waals surface area contributed by atoms with Crippen LogP contribution in [0.3, 0.4) is 0 Å². The number of rotatable bonds is 4. The van der Waals surface area contributed by atoms with E-state index in [2.05, 4.69) is 30.4 Å². The zero-order valence-electron chi connectivity index (χ0n) is 15.1. The quantitative estimate of drug-likeness (QED) is 0.575. The highest BCUT2D eigenvalue weighted by Crippen LogP contribution is 2.52. The Hall–Kier alpha value is -3.49. The molecule has 0 bridgehead atoms. The predicted molar refractivity (Wildman–Crippen MR) is 97.7 cm³/mol. The topological polar surface area (TPSA) is 75.2 Å². The number of alkyl halides is 3. The lowest BCUT2D eigenvalue weighted by Gasteiger charge is -2.14. The fraction of sp³-hybridized carbons (Fsp3) is 0.200. The molecule has 0 spiro atoms. The van der Waals surface area contributed by atoms with Gasteiger partial charge in [-0.05, 0) is 6.92 Å². The summed E-state index contributed by atoms with van der Waals surface area (Å²) in [5.74, 6) is 0. The number of halogens is 3. The second kappa shape index (κ2) is 5.76. The summed E-state index contributed by atoms with van der Waals surface area (Å²) in [7, 11) is 0. The Bertz CT molecular complexity index is 1120. The van der Waals surface area contributed by atoms with Crippen LogP contribution in [0.4, 0.5) is 13.2 Å². The van der Waals surface area contributed by atoms with Gasteiger partial charge in [0.1, 0.15) is 0 Å². The van der Waals surface area contributed by atoms with Gasteiger partial charge in [-0.3, -0.25) is 9.97 Å². The van der Waals surface area contributed by atoms with Crippen LogP contribution in [0.25, 0.3) is 22.5 Å². The van der Waals surface area contributed by atoms with E-state index in [1.165, 1.54) is 12.1 Å². The lowest BCUT2D eigenvalue weighted by Crippen LogP contribution is -2.29. The minimum Gasteiger partial charge on any atom is -0.252 e. The zero-order chi connectivity index (χ0) is 20.3. The zero-order valence-corrected chi connectivity index (χ0v) is 15.1. The van der Waals surface area contributed by atoms with Gasteiger partial charge in [0.25, 0.3) is 0 Å². The number of aromatic nitrogens is 2. The molecule has 3 heterocycles. The smallest absolute Gasteiger partial charge is 0.252 e. The summed E-state index contributed by atoms with van der Waals surface area (Å²) in [6.45, 7) is 1.93. The van der Waals surface area contributed by atoms with E-state index in [0.29, 0.717) is 17.0 Å². The third-order valence-corrected chi connectivity index (χ3v) is 5.06. The van der Waals surface area contributed by atoms with Crippen molar-refractivity contribution in [2.24, 2.45) is 20.5 Å². The van der Waals surface area contributed by atoms with E-state index in [9.17, 15) is 13.2 Å². The molecule has 2 aliphatic rings. The molecular weight excluding hydrogens is 381 g/mol. The molecule has 0 amide bonds. The molecule has 9 heteroatoms. The Kier molecular flexibility index (Phi) is 3.49. The molecule has 0 radical (unpaired) electrons. The maximum atomic E-state index is 13.1. The van der Waals surface area contributed by atoms with E-state index in [0.717, 1.165) is 11.1 Å². The Morgan fingerprint density at radius 1 is 0.655 bits per heavy atom. The number of hydrogen-bond acceptors (Lipinski definition) is 6. The molecule has 0 saturated heterocycles. The van der Waals surface area contributed by atoms with Crippen LogP contribution in [0.15, 0.2) is 81.4 Å². The summed E-state index contributed by atoms with van der Waals surface area (Å²) >= 11 is 0. The average molecular weight is 394 g/mol. The van der Waals surface area contributed by atoms with E-state index in [1.54, 1.807) is 24.5 Å². The van der Waals surface area contributed by atoms with E-state index < -0.39 is 17.5 Å².